The molecule has 2 aromatic heterocycles. The van der Waals surface area contributed by atoms with Gasteiger partial charge >= 0.3 is 0 Å². The summed E-state index contributed by atoms with van der Waals surface area (Å²) in [5.74, 6) is 0. The van der Waals surface area contributed by atoms with Gasteiger partial charge in [0.2, 0.25) is 0 Å². The third-order valence-corrected chi connectivity index (χ3v) is 3.12. The zero-order valence-corrected chi connectivity index (χ0v) is 9.22. The van der Waals surface area contributed by atoms with Crippen LogP contribution in [0.15, 0.2) is 34.8 Å². The zero-order chi connectivity index (χ0) is 10.7. The number of hydrogen-bond donors (Lipinski definition) is 2. The number of rotatable bonds is 3. The van der Waals surface area contributed by atoms with Crippen molar-refractivity contribution in [3.05, 3.63) is 35.4 Å². The molecule has 0 atom stereocenters. The lowest BCUT2D eigenvalue weighted by molar-refractivity contribution is 0.279. The van der Waals surface area contributed by atoms with Crippen LogP contribution in [0.4, 0.5) is 0 Å². The maximum absolute atomic E-state index is 9.17. The second-order valence-corrected chi connectivity index (χ2v) is 4.19. The SMILES string of the molecule is OCc1c(Cl)cncc1Sc1ncc[nH]1. The summed E-state index contributed by atoms with van der Waals surface area (Å²) in [5, 5.41) is 10.4. The largest absolute Gasteiger partial charge is 0.392 e. The summed E-state index contributed by atoms with van der Waals surface area (Å²) < 4.78 is 0. The van der Waals surface area contributed by atoms with Crippen LogP contribution in [0, 0.1) is 0 Å². The maximum Gasteiger partial charge on any atom is 0.170 e. The van der Waals surface area contributed by atoms with E-state index in [0.29, 0.717) is 10.6 Å². The Hall–Kier alpha value is -1.04. The zero-order valence-electron chi connectivity index (χ0n) is 7.64. The smallest absolute Gasteiger partial charge is 0.170 e. The van der Waals surface area contributed by atoms with E-state index in [-0.39, 0.29) is 6.61 Å². The molecule has 2 N–H and O–H groups in total. The highest BCUT2D eigenvalue weighted by molar-refractivity contribution is 7.99. The molecule has 0 aliphatic carbocycles. The second kappa shape index (κ2) is 4.65. The van der Waals surface area contributed by atoms with E-state index in [1.165, 1.54) is 18.0 Å². The van der Waals surface area contributed by atoms with Gasteiger partial charge in [-0.05, 0) is 11.8 Å². The first-order valence-electron chi connectivity index (χ1n) is 4.21. The molecule has 0 fully saturated rings. The van der Waals surface area contributed by atoms with Crippen LogP contribution in [0.5, 0.6) is 0 Å². The molecule has 0 saturated carbocycles. The van der Waals surface area contributed by atoms with Crippen LogP contribution in [0.2, 0.25) is 5.02 Å². The monoisotopic (exact) mass is 241 g/mol. The predicted octanol–water partition coefficient (Wildman–Crippen LogP) is 2.10. The molecule has 0 bridgehead atoms. The van der Waals surface area contributed by atoms with Crippen molar-refractivity contribution in [2.24, 2.45) is 0 Å². The molecule has 2 heterocycles. The standard InChI is InChI=1S/C9H8ClN3OS/c10-7-3-11-4-8(6(7)5-14)15-9-12-1-2-13-9/h1-4,14H,5H2,(H,12,13). The fourth-order valence-electron chi connectivity index (χ4n) is 1.10. The van der Waals surface area contributed by atoms with Gasteiger partial charge in [0.25, 0.3) is 0 Å². The van der Waals surface area contributed by atoms with Gasteiger partial charge in [0.05, 0.1) is 11.6 Å². The van der Waals surface area contributed by atoms with Crippen LogP contribution >= 0.6 is 23.4 Å². The Kier molecular flexibility index (Phi) is 3.25. The number of pyridine rings is 1. The third kappa shape index (κ3) is 2.31. The summed E-state index contributed by atoms with van der Waals surface area (Å²) in [6.45, 7) is -0.107. The molecule has 4 nitrogen and oxygen atoms in total. The van der Waals surface area contributed by atoms with E-state index in [1.807, 2.05) is 0 Å². The van der Waals surface area contributed by atoms with Crippen LogP contribution in [-0.4, -0.2) is 20.1 Å². The average molecular weight is 242 g/mol. The summed E-state index contributed by atoms with van der Waals surface area (Å²) in [5.41, 5.74) is 0.674. The molecule has 0 aromatic carbocycles. The molecule has 0 aliphatic rings. The molecule has 15 heavy (non-hydrogen) atoms. The number of hydrogen-bond acceptors (Lipinski definition) is 4. The molecule has 0 amide bonds. The van der Waals surface area contributed by atoms with E-state index in [0.717, 1.165) is 10.1 Å². The number of aromatic nitrogens is 3. The number of H-pyrrole nitrogens is 1. The lowest BCUT2D eigenvalue weighted by Gasteiger charge is -2.05. The number of nitrogens with one attached hydrogen (secondary N) is 1. The van der Waals surface area contributed by atoms with Crippen molar-refractivity contribution in [3.63, 3.8) is 0 Å². The van der Waals surface area contributed by atoms with E-state index in [1.54, 1.807) is 18.6 Å². The van der Waals surface area contributed by atoms with Crippen molar-refractivity contribution in [1.82, 2.24) is 15.0 Å². The fourth-order valence-corrected chi connectivity index (χ4v) is 2.23. The van der Waals surface area contributed by atoms with Gasteiger partial charge in [-0.25, -0.2) is 4.98 Å². The molecule has 0 aliphatic heterocycles. The highest BCUT2D eigenvalue weighted by atomic mass is 35.5. The van der Waals surface area contributed by atoms with Crippen LogP contribution in [0.1, 0.15) is 5.56 Å². The van der Waals surface area contributed by atoms with E-state index in [2.05, 4.69) is 15.0 Å². The van der Waals surface area contributed by atoms with Crippen molar-refractivity contribution in [2.45, 2.75) is 16.7 Å². The highest BCUT2D eigenvalue weighted by Crippen LogP contribution is 2.30. The molecule has 0 radical (unpaired) electrons. The number of nitrogens with zero attached hydrogens (tertiary/aromatic N) is 2. The summed E-state index contributed by atoms with van der Waals surface area (Å²) in [6.07, 6.45) is 6.57. The van der Waals surface area contributed by atoms with Gasteiger partial charge in [0.15, 0.2) is 5.16 Å². The second-order valence-electron chi connectivity index (χ2n) is 2.75. The molecule has 2 aromatic rings. The Morgan fingerprint density at radius 3 is 3.00 bits per heavy atom. The van der Waals surface area contributed by atoms with Gasteiger partial charge in [-0.15, -0.1) is 0 Å². The maximum atomic E-state index is 9.17. The minimum absolute atomic E-state index is 0.107. The van der Waals surface area contributed by atoms with Gasteiger partial charge in [0.1, 0.15) is 0 Å². The quantitative estimate of drug-likeness (QED) is 0.864. The van der Waals surface area contributed by atoms with Crippen LogP contribution < -0.4 is 0 Å². The molecule has 0 saturated heterocycles. The molecule has 0 unspecified atom stereocenters. The molecule has 2 rings (SSSR count). The number of halogens is 1. The van der Waals surface area contributed by atoms with Gasteiger partial charge < -0.3 is 10.1 Å². The van der Waals surface area contributed by atoms with Crippen molar-refractivity contribution >= 4 is 23.4 Å². The first-order valence-corrected chi connectivity index (χ1v) is 5.41. The van der Waals surface area contributed by atoms with E-state index < -0.39 is 0 Å². The Morgan fingerprint density at radius 1 is 1.47 bits per heavy atom. The number of aromatic amines is 1. The lowest BCUT2D eigenvalue weighted by Crippen LogP contribution is -1.91. The van der Waals surface area contributed by atoms with E-state index >= 15 is 0 Å². The molecular formula is C9H8ClN3OS. The molecular weight excluding hydrogens is 234 g/mol. The summed E-state index contributed by atoms with van der Waals surface area (Å²) >= 11 is 7.29. The molecule has 0 spiro atoms. The highest BCUT2D eigenvalue weighted by Gasteiger charge is 2.09. The van der Waals surface area contributed by atoms with Crippen LogP contribution in [0.3, 0.4) is 0 Å². The minimum atomic E-state index is -0.107. The summed E-state index contributed by atoms with van der Waals surface area (Å²) in [6, 6.07) is 0. The van der Waals surface area contributed by atoms with Crippen molar-refractivity contribution in [1.29, 1.82) is 0 Å². The normalized spacial score (nSPS) is 10.5. The van der Waals surface area contributed by atoms with E-state index in [4.69, 9.17) is 11.6 Å². The number of aliphatic hydroxyl groups is 1. The number of imidazole rings is 1. The topological polar surface area (TPSA) is 61.8 Å². The van der Waals surface area contributed by atoms with Gasteiger partial charge in [0, 0.05) is 35.2 Å². The van der Waals surface area contributed by atoms with E-state index in [9.17, 15) is 5.11 Å². The Balaban J connectivity index is 2.32. The summed E-state index contributed by atoms with van der Waals surface area (Å²) in [7, 11) is 0. The Labute approximate surface area is 95.7 Å². The van der Waals surface area contributed by atoms with Crippen LogP contribution in [0.25, 0.3) is 0 Å². The number of aliphatic hydroxyl groups excluding tert-OH is 1. The lowest BCUT2D eigenvalue weighted by atomic mass is 10.3. The Bertz CT molecular complexity index is 447. The average Bonchev–Trinajstić information content (AvgIpc) is 2.71. The van der Waals surface area contributed by atoms with Crippen molar-refractivity contribution < 1.29 is 5.11 Å². The minimum Gasteiger partial charge on any atom is -0.392 e. The molecule has 78 valence electrons. The first-order chi connectivity index (χ1) is 7.31. The third-order valence-electron chi connectivity index (χ3n) is 1.80. The van der Waals surface area contributed by atoms with Crippen molar-refractivity contribution in [3.8, 4) is 0 Å². The fraction of sp³-hybridized carbons (Fsp3) is 0.111. The predicted molar refractivity (Wildman–Crippen MR) is 57.9 cm³/mol. The van der Waals surface area contributed by atoms with Gasteiger partial charge in [-0.2, -0.15) is 0 Å². The Morgan fingerprint density at radius 2 is 2.33 bits per heavy atom. The summed E-state index contributed by atoms with van der Waals surface area (Å²) in [4.78, 5) is 11.8. The van der Waals surface area contributed by atoms with Gasteiger partial charge in [-0.1, -0.05) is 11.6 Å². The first kappa shape index (κ1) is 10.5. The molecule has 6 heteroatoms. The van der Waals surface area contributed by atoms with Crippen LogP contribution in [-0.2, 0) is 6.61 Å². The van der Waals surface area contributed by atoms with Crippen molar-refractivity contribution in [2.75, 3.05) is 0 Å². The van der Waals surface area contributed by atoms with Gasteiger partial charge in [-0.3, -0.25) is 4.98 Å².